The van der Waals surface area contributed by atoms with Gasteiger partial charge in [0.15, 0.2) is 0 Å². The molecule has 5 rings (SSSR count). The van der Waals surface area contributed by atoms with Gasteiger partial charge in [0, 0.05) is 10.9 Å². The van der Waals surface area contributed by atoms with Crippen molar-refractivity contribution in [2.75, 3.05) is 0 Å². The van der Waals surface area contributed by atoms with Gasteiger partial charge < -0.3 is 0 Å². The van der Waals surface area contributed by atoms with Gasteiger partial charge in [0.25, 0.3) is 0 Å². The van der Waals surface area contributed by atoms with Gasteiger partial charge in [0.05, 0.1) is 11.2 Å². The molecule has 0 bridgehead atoms. The first kappa shape index (κ1) is 15.0. The van der Waals surface area contributed by atoms with Crippen LogP contribution >= 0.6 is 0 Å². The highest BCUT2D eigenvalue weighted by molar-refractivity contribution is 6.12. The van der Waals surface area contributed by atoms with Gasteiger partial charge in [0.1, 0.15) is 6.33 Å². The molecule has 0 aliphatic carbocycles. The Morgan fingerprint density at radius 1 is 0.615 bits per heavy atom. The van der Waals surface area contributed by atoms with Crippen LogP contribution in [0.25, 0.3) is 43.7 Å². The maximum atomic E-state index is 4.62. The van der Waals surface area contributed by atoms with Crippen molar-refractivity contribution in [2.24, 2.45) is 0 Å². The fourth-order valence-corrected chi connectivity index (χ4v) is 3.90. The van der Waals surface area contributed by atoms with E-state index in [1.807, 2.05) is 0 Å². The van der Waals surface area contributed by atoms with Crippen LogP contribution in [-0.4, -0.2) is 9.97 Å². The minimum absolute atomic E-state index is 0.984. The molecule has 0 N–H and O–H groups in total. The largest absolute Gasteiger partial charge is 0.236 e. The Labute approximate surface area is 152 Å². The SMILES string of the molecule is Cc1cc(C)cc(-c2ncnc3cc4c(ccc5ccccc54)cc23)c1. The van der Waals surface area contributed by atoms with Gasteiger partial charge in [-0.05, 0) is 59.7 Å². The smallest absolute Gasteiger partial charge is 0.116 e. The summed E-state index contributed by atoms with van der Waals surface area (Å²) in [6.45, 7) is 4.25. The Morgan fingerprint density at radius 2 is 1.38 bits per heavy atom. The molecule has 0 aliphatic rings. The van der Waals surface area contributed by atoms with E-state index < -0.39 is 0 Å². The number of hydrogen-bond acceptors (Lipinski definition) is 2. The standard InChI is InChI=1S/C24H18N2/c1-15-9-16(2)11-19(10-15)24-22-12-18-8-7-17-5-3-4-6-20(17)21(18)13-23(22)25-14-26-24/h3-14H,1-2H3. The molecule has 0 unspecified atom stereocenters. The maximum Gasteiger partial charge on any atom is 0.116 e. The molecule has 5 aromatic rings. The lowest BCUT2D eigenvalue weighted by Gasteiger charge is -2.10. The summed E-state index contributed by atoms with van der Waals surface area (Å²) in [5, 5.41) is 6.07. The third-order valence-corrected chi connectivity index (χ3v) is 5.00. The van der Waals surface area contributed by atoms with Gasteiger partial charge in [-0.1, -0.05) is 53.6 Å². The summed E-state index contributed by atoms with van der Waals surface area (Å²) in [7, 11) is 0. The molecule has 2 heteroatoms. The Bertz CT molecular complexity index is 1280. The minimum atomic E-state index is 0.984. The van der Waals surface area contributed by atoms with Crippen molar-refractivity contribution in [2.45, 2.75) is 13.8 Å². The highest BCUT2D eigenvalue weighted by Gasteiger charge is 2.10. The molecule has 0 amide bonds. The first-order valence-corrected chi connectivity index (χ1v) is 8.84. The van der Waals surface area contributed by atoms with E-state index >= 15 is 0 Å². The van der Waals surface area contributed by atoms with Crippen LogP contribution < -0.4 is 0 Å². The predicted octanol–water partition coefficient (Wildman–Crippen LogP) is 6.22. The Morgan fingerprint density at radius 3 is 2.23 bits per heavy atom. The fraction of sp³-hybridized carbons (Fsp3) is 0.0833. The summed E-state index contributed by atoms with van der Waals surface area (Å²) in [4.78, 5) is 9.18. The molecule has 1 aromatic heterocycles. The molecule has 0 spiro atoms. The molecule has 124 valence electrons. The molecule has 0 fully saturated rings. The van der Waals surface area contributed by atoms with Gasteiger partial charge in [-0.3, -0.25) is 0 Å². The van der Waals surface area contributed by atoms with Crippen molar-refractivity contribution < 1.29 is 0 Å². The number of aryl methyl sites for hydroxylation is 2. The summed E-state index contributed by atoms with van der Waals surface area (Å²) in [6, 6.07) is 23.9. The zero-order valence-electron chi connectivity index (χ0n) is 14.8. The monoisotopic (exact) mass is 334 g/mol. The van der Waals surface area contributed by atoms with Crippen LogP contribution in [0.1, 0.15) is 11.1 Å². The van der Waals surface area contributed by atoms with Crippen LogP contribution in [0.15, 0.2) is 73.1 Å². The number of benzene rings is 4. The third-order valence-electron chi connectivity index (χ3n) is 5.00. The molecule has 1 heterocycles. The molecule has 0 radical (unpaired) electrons. The lowest BCUT2D eigenvalue weighted by atomic mass is 9.97. The van der Waals surface area contributed by atoms with Crippen LogP contribution in [-0.2, 0) is 0 Å². The highest BCUT2D eigenvalue weighted by atomic mass is 14.8. The van der Waals surface area contributed by atoms with Gasteiger partial charge in [0.2, 0.25) is 0 Å². The van der Waals surface area contributed by atoms with Gasteiger partial charge in [-0.2, -0.15) is 0 Å². The van der Waals surface area contributed by atoms with Crippen molar-refractivity contribution >= 4 is 32.4 Å². The van der Waals surface area contributed by atoms with Gasteiger partial charge >= 0.3 is 0 Å². The molecular formula is C24H18N2. The molecule has 26 heavy (non-hydrogen) atoms. The van der Waals surface area contributed by atoms with Crippen LogP contribution in [0.4, 0.5) is 0 Å². The number of hydrogen-bond donors (Lipinski definition) is 0. The van der Waals surface area contributed by atoms with E-state index in [0.29, 0.717) is 0 Å². The molecule has 0 aliphatic heterocycles. The molecule has 0 atom stereocenters. The maximum absolute atomic E-state index is 4.62. The Balaban J connectivity index is 1.86. The van der Waals surface area contributed by atoms with Crippen LogP contribution in [0.2, 0.25) is 0 Å². The molecule has 0 saturated heterocycles. The van der Waals surface area contributed by atoms with E-state index in [-0.39, 0.29) is 0 Å². The van der Waals surface area contributed by atoms with Crippen molar-refractivity contribution in [3.8, 4) is 11.3 Å². The number of aromatic nitrogens is 2. The van der Waals surface area contributed by atoms with Crippen molar-refractivity contribution in [3.05, 3.63) is 84.2 Å². The second-order valence-corrected chi connectivity index (χ2v) is 6.98. The minimum Gasteiger partial charge on any atom is -0.236 e. The van der Waals surface area contributed by atoms with E-state index in [0.717, 1.165) is 22.2 Å². The summed E-state index contributed by atoms with van der Waals surface area (Å²) in [5.41, 5.74) is 5.63. The van der Waals surface area contributed by atoms with Crippen molar-refractivity contribution in [1.29, 1.82) is 0 Å². The first-order chi connectivity index (χ1) is 12.7. The third kappa shape index (κ3) is 2.34. The quantitative estimate of drug-likeness (QED) is 0.269. The van der Waals surface area contributed by atoms with Crippen LogP contribution in [0, 0.1) is 13.8 Å². The summed E-state index contributed by atoms with van der Waals surface area (Å²) in [6.07, 6.45) is 1.67. The summed E-state index contributed by atoms with van der Waals surface area (Å²) in [5.74, 6) is 0. The Hall–Kier alpha value is -3.26. The van der Waals surface area contributed by atoms with Crippen LogP contribution in [0.5, 0.6) is 0 Å². The lowest BCUT2D eigenvalue weighted by Crippen LogP contribution is -1.91. The molecule has 4 aromatic carbocycles. The Kier molecular flexibility index (Phi) is 3.26. The zero-order chi connectivity index (χ0) is 17.7. The van der Waals surface area contributed by atoms with Crippen molar-refractivity contribution in [1.82, 2.24) is 9.97 Å². The van der Waals surface area contributed by atoms with E-state index in [1.165, 1.54) is 32.7 Å². The molecule has 0 saturated carbocycles. The zero-order valence-corrected chi connectivity index (χ0v) is 14.8. The second kappa shape index (κ2) is 5.63. The van der Waals surface area contributed by atoms with Gasteiger partial charge in [-0.15, -0.1) is 0 Å². The van der Waals surface area contributed by atoms with Gasteiger partial charge in [-0.25, -0.2) is 9.97 Å². The number of nitrogens with zero attached hydrogens (tertiary/aromatic N) is 2. The van der Waals surface area contributed by atoms with E-state index in [2.05, 4.69) is 90.5 Å². The van der Waals surface area contributed by atoms with Crippen molar-refractivity contribution in [3.63, 3.8) is 0 Å². The number of rotatable bonds is 1. The fourth-order valence-electron chi connectivity index (χ4n) is 3.90. The molecule has 2 nitrogen and oxygen atoms in total. The summed E-state index contributed by atoms with van der Waals surface area (Å²) >= 11 is 0. The highest BCUT2D eigenvalue weighted by Crippen LogP contribution is 2.33. The van der Waals surface area contributed by atoms with E-state index in [4.69, 9.17) is 0 Å². The lowest BCUT2D eigenvalue weighted by molar-refractivity contribution is 1.22. The van der Waals surface area contributed by atoms with E-state index in [9.17, 15) is 0 Å². The van der Waals surface area contributed by atoms with E-state index in [1.54, 1.807) is 6.33 Å². The molecular weight excluding hydrogens is 316 g/mol. The average molecular weight is 334 g/mol. The normalized spacial score (nSPS) is 11.5. The number of fused-ring (bicyclic) bond motifs is 4. The summed E-state index contributed by atoms with van der Waals surface area (Å²) < 4.78 is 0. The van der Waals surface area contributed by atoms with Crippen LogP contribution in [0.3, 0.4) is 0 Å². The first-order valence-electron chi connectivity index (χ1n) is 8.84. The topological polar surface area (TPSA) is 25.8 Å². The average Bonchev–Trinajstić information content (AvgIpc) is 2.65. The second-order valence-electron chi connectivity index (χ2n) is 6.98. The predicted molar refractivity (Wildman–Crippen MR) is 109 cm³/mol.